The molecule has 0 aromatic heterocycles. The van der Waals surface area contributed by atoms with E-state index in [-0.39, 0.29) is 12.0 Å². The molecule has 0 aliphatic heterocycles. The summed E-state index contributed by atoms with van der Waals surface area (Å²) in [6.45, 7) is 4.03. The second kappa shape index (κ2) is 18.1. The van der Waals surface area contributed by atoms with Crippen LogP contribution >= 0.6 is 0 Å². The number of esters is 3. The molecule has 186 valence electrons. The van der Waals surface area contributed by atoms with Crippen molar-refractivity contribution in [1.82, 2.24) is 0 Å². The fourth-order valence-electron chi connectivity index (χ4n) is 3.61. The SMILES string of the molecule is CC(C)CCCCCCCCCCCCCCC(=O)OCC(=O)OC(=O)c1ccc(N)cc1. The number of ether oxygens (including phenoxy) is 2. The van der Waals surface area contributed by atoms with E-state index in [4.69, 9.17) is 10.5 Å². The van der Waals surface area contributed by atoms with Crippen molar-refractivity contribution in [3.05, 3.63) is 29.8 Å². The Morgan fingerprint density at radius 3 is 1.73 bits per heavy atom. The molecule has 0 radical (unpaired) electrons. The Hall–Kier alpha value is -2.37. The molecular formula is C27H43NO5. The van der Waals surface area contributed by atoms with Crippen molar-refractivity contribution in [3.63, 3.8) is 0 Å². The van der Waals surface area contributed by atoms with Crippen LogP contribution in [0.25, 0.3) is 0 Å². The number of rotatable bonds is 18. The molecule has 0 aliphatic carbocycles. The Morgan fingerprint density at radius 1 is 0.727 bits per heavy atom. The standard InChI is InChI=1S/C27H43NO5/c1-22(2)15-13-11-9-7-5-3-4-6-8-10-12-14-16-25(29)32-21-26(30)33-27(31)23-17-19-24(28)20-18-23/h17-20,22H,3-16,21,28H2,1-2H3. The molecule has 1 rings (SSSR count). The van der Waals surface area contributed by atoms with Gasteiger partial charge < -0.3 is 15.2 Å². The molecule has 0 spiro atoms. The number of carbonyl (C=O) groups is 3. The summed E-state index contributed by atoms with van der Waals surface area (Å²) < 4.78 is 9.55. The number of hydrogen-bond acceptors (Lipinski definition) is 6. The quantitative estimate of drug-likeness (QED) is 0.114. The van der Waals surface area contributed by atoms with Crippen molar-refractivity contribution in [3.8, 4) is 0 Å². The highest BCUT2D eigenvalue weighted by Crippen LogP contribution is 2.14. The molecule has 0 fully saturated rings. The fraction of sp³-hybridized carbons (Fsp3) is 0.667. The third-order valence-electron chi connectivity index (χ3n) is 5.62. The van der Waals surface area contributed by atoms with Crippen LogP contribution in [0.3, 0.4) is 0 Å². The lowest BCUT2D eigenvalue weighted by atomic mass is 10.0. The van der Waals surface area contributed by atoms with Gasteiger partial charge in [0.25, 0.3) is 0 Å². The lowest BCUT2D eigenvalue weighted by Gasteiger charge is -2.06. The average Bonchev–Trinajstić information content (AvgIpc) is 2.78. The maximum atomic E-state index is 11.8. The van der Waals surface area contributed by atoms with Crippen LogP contribution in [-0.4, -0.2) is 24.5 Å². The van der Waals surface area contributed by atoms with Crippen molar-refractivity contribution in [1.29, 1.82) is 0 Å². The van der Waals surface area contributed by atoms with Gasteiger partial charge in [-0.1, -0.05) is 90.9 Å². The van der Waals surface area contributed by atoms with Gasteiger partial charge in [0.2, 0.25) is 0 Å². The first-order valence-electron chi connectivity index (χ1n) is 12.6. The number of benzene rings is 1. The average molecular weight is 462 g/mol. The minimum atomic E-state index is -0.888. The van der Waals surface area contributed by atoms with Gasteiger partial charge in [-0.3, -0.25) is 4.79 Å². The molecule has 0 bridgehead atoms. The van der Waals surface area contributed by atoms with E-state index in [2.05, 4.69) is 18.6 Å². The maximum absolute atomic E-state index is 11.8. The van der Waals surface area contributed by atoms with E-state index in [0.29, 0.717) is 5.69 Å². The van der Waals surface area contributed by atoms with E-state index in [1.807, 2.05) is 0 Å². The number of nitrogens with two attached hydrogens (primary N) is 1. The zero-order valence-electron chi connectivity index (χ0n) is 20.6. The Labute approximate surface area is 199 Å². The third-order valence-corrected chi connectivity index (χ3v) is 5.62. The highest BCUT2D eigenvalue weighted by Gasteiger charge is 2.15. The van der Waals surface area contributed by atoms with Crippen molar-refractivity contribution in [2.75, 3.05) is 12.3 Å². The normalized spacial score (nSPS) is 10.9. The number of unbranched alkanes of at least 4 members (excludes halogenated alkanes) is 11. The molecular weight excluding hydrogens is 418 g/mol. The molecule has 1 aromatic rings. The van der Waals surface area contributed by atoms with Crippen molar-refractivity contribution < 1.29 is 23.9 Å². The van der Waals surface area contributed by atoms with Gasteiger partial charge >= 0.3 is 17.9 Å². The summed E-state index contributed by atoms with van der Waals surface area (Å²) in [5, 5.41) is 0. The lowest BCUT2D eigenvalue weighted by molar-refractivity contribution is -0.155. The number of hydrogen-bond donors (Lipinski definition) is 1. The van der Waals surface area contributed by atoms with Crippen molar-refractivity contribution >= 4 is 23.6 Å². The molecule has 6 nitrogen and oxygen atoms in total. The highest BCUT2D eigenvalue weighted by molar-refractivity contribution is 5.97. The topological polar surface area (TPSA) is 95.7 Å². The van der Waals surface area contributed by atoms with Crippen LogP contribution in [0, 0.1) is 5.92 Å². The van der Waals surface area contributed by atoms with Gasteiger partial charge in [0, 0.05) is 12.1 Å². The van der Waals surface area contributed by atoms with E-state index in [1.54, 1.807) is 0 Å². The predicted octanol–water partition coefficient (Wildman–Crippen LogP) is 6.61. The lowest BCUT2D eigenvalue weighted by Crippen LogP contribution is -2.19. The molecule has 33 heavy (non-hydrogen) atoms. The monoisotopic (exact) mass is 461 g/mol. The molecule has 0 unspecified atom stereocenters. The second-order valence-corrected chi connectivity index (χ2v) is 9.22. The van der Waals surface area contributed by atoms with Gasteiger partial charge in [-0.25, -0.2) is 9.59 Å². The summed E-state index contributed by atoms with van der Waals surface area (Å²) in [4.78, 5) is 35.2. The van der Waals surface area contributed by atoms with E-state index < -0.39 is 24.5 Å². The van der Waals surface area contributed by atoms with Gasteiger partial charge in [-0.2, -0.15) is 0 Å². The third kappa shape index (κ3) is 16.0. The van der Waals surface area contributed by atoms with E-state index in [0.717, 1.165) is 25.2 Å². The van der Waals surface area contributed by atoms with Gasteiger partial charge in [-0.05, 0) is 36.6 Å². The van der Waals surface area contributed by atoms with Crippen molar-refractivity contribution in [2.45, 2.75) is 104 Å². The molecule has 0 heterocycles. The number of nitrogen functional groups attached to an aromatic ring is 1. The first-order valence-corrected chi connectivity index (χ1v) is 12.6. The first kappa shape index (κ1) is 28.7. The van der Waals surface area contributed by atoms with Crippen LogP contribution in [0.1, 0.15) is 114 Å². The van der Waals surface area contributed by atoms with Crippen LogP contribution in [0.5, 0.6) is 0 Å². The molecule has 2 N–H and O–H groups in total. The summed E-state index contributed by atoms with van der Waals surface area (Å²) in [6.07, 6.45) is 16.4. The molecule has 0 saturated carbocycles. The maximum Gasteiger partial charge on any atom is 0.352 e. The van der Waals surface area contributed by atoms with Crippen LogP contribution in [0.15, 0.2) is 24.3 Å². The zero-order chi connectivity index (χ0) is 24.3. The highest BCUT2D eigenvalue weighted by atomic mass is 16.6. The van der Waals surface area contributed by atoms with Crippen molar-refractivity contribution in [2.24, 2.45) is 5.92 Å². The van der Waals surface area contributed by atoms with Gasteiger partial charge in [0.1, 0.15) is 0 Å². The van der Waals surface area contributed by atoms with Crippen LogP contribution in [0.4, 0.5) is 5.69 Å². The van der Waals surface area contributed by atoms with E-state index in [9.17, 15) is 14.4 Å². The Balaban J connectivity index is 1.91. The predicted molar refractivity (Wildman–Crippen MR) is 132 cm³/mol. The van der Waals surface area contributed by atoms with E-state index >= 15 is 0 Å². The second-order valence-electron chi connectivity index (χ2n) is 9.22. The molecule has 0 saturated heterocycles. The van der Waals surface area contributed by atoms with Gasteiger partial charge in [0.05, 0.1) is 5.56 Å². The fourth-order valence-corrected chi connectivity index (χ4v) is 3.61. The van der Waals surface area contributed by atoms with Crippen LogP contribution in [-0.2, 0) is 19.1 Å². The first-order chi connectivity index (χ1) is 15.9. The minimum Gasteiger partial charge on any atom is -0.454 e. The molecule has 0 aliphatic rings. The largest absolute Gasteiger partial charge is 0.454 e. The zero-order valence-corrected chi connectivity index (χ0v) is 20.6. The van der Waals surface area contributed by atoms with E-state index in [1.165, 1.54) is 88.5 Å². The summed E-state index contributed by atoms with van der Waals surface area (Å²) in [5.74, 6) is -1.29. The molecule has 1 aromatic carbocycles. The van der Waals surface area contributed by atoms with Gasteiger partial charge in [0.15, 0.2) is 6.61 Å². The molecule has 6 heteroatoms. The molecule has 0 amide bonds. The van der Waals surface area contributed by atoms with Gasteiger partial charge in [-0.15, -0.1) is 0 Å². The Morgan fingerprint density at radius 2 is 1.21 bits per heavy atom. The smallest absolute Gasteiger partial charge is 0.352 e. The Kier molecular flexibility index (Phi) is 15.7. The summed E-state index contributed by atoms with van der Waals surface area (Å²) in [5.41, 5.74) is 6.26. The molecule has 0 atom stereocenters. The minimum absolute atomic E-state index is 0.209. The number of anilines is 1. The Bertz CT molecular complexity index is 684. The summed E-state index contributed by atoms with van der Waals surface area (Å²) in [7, 11) is 0. The summed E-state index contributed by atoms with van der Waals surface area (Å²) in [6, 6.07) is 6.01. The van der Waals surface area contributed by atoms with Crippen LogP contribution < -0.4 is 5.73 Å². The summed E-state index contributed by atoms with van der Waals surface area (Å²) >= 11 is 0. The number of carbonyl (C=O) groups excluding carboxylic acids is 3. The van der Waals surface area contributed by atoms with Crippen LogP contribution in [0.2, 0.25) is 0 Å².